The van der Waals surface area contributed by atoms with Crippen LogP contribution in [0.3, 0.4) is 0 Å². The Morgan fingerprint density at radius 3 is 2.95 bits per heavy atom. The van der Waals surface area contributed by atoms with Gasteiger partial charge in [0.1, 0.15) is 0 Å². The Morgan fingerprint density at radius 2 is 2.21 bits per heavy atom. The summed E-state index contributed by atoms with van der Waals surface area (Å²) < 4.78 is 7.96. The van der Waals surface area contributed by atoms with Crippen molar-refractivity contribution < 1.29 is 4.74 Å². The fraction of sp³-hybridized carbons (Fsp3) is 0.800. The molecule has 3 rings (SSSR count). The van der Waals surface area contributed by atoms with Crippen LogP contribution in [0.4, 0.5) is 0 Å². The maximum atomic E-state index is 5.65. The molecule has 4 nitrogen and oxygen atoms in total. The van der Waals surface area contributed by atoms with E-state index in [2.05, 4.69) is 21.4 Å². The van der Waals surface area contributed by atoms with E-state index in [0.717, 1.165) is 38.8 Å². The van der Waals surface area contributed by atoms with Crippen molar-refractivity contribution in [2.75, 3.05) is 26.3 Å². The quantitative estimate of drug-likeness (QED) is 0.815. The highest BCUT2D eigenvalue weighted by Crippen LogP contribution is 2.28. The van der Waals surface area contributed by atoms with Crippen LogP contribution in [0, 0.1) is 11.8 Å². The Bertz CT molecular complexity index is 400. The Balaban J connectivity index is 1.66. The second-order valence-electron chi connectivity index (χ2n) is 6.05. The highest BCUT2D eigenvalue weighted by Gasteiger charge is 2.26. The molecular formula is C15H25N3O. The van der Waals surface area contributed by atoms with Crippen LogP contribution in [0.5, 0.6) is 0 Å². The van der Waals surface area contributed by atoms with Crippen molar-refractivity contribution in [3.63, 3.8) is 0 Å². The fourth-order valence-electron chi connectivity index (χ4n) is 3.21. The van der Waals surface area contributed by atoms with Gasteiger partial charge in [0.15, 0.2) is 0 Å². The van der Waals surface area contributed by atoms with Gasteiger partial charge in [0.05, 0.1) is 18.6 Å². The fourth-order valence-corrected chi connectivity index (χ4v) is 3.21. The minimum Gasteiger partial charge on any atom is -0.381 e. The molecule has 0 radical (unpaired) electrons. The predicted molar refractivity (Wildman–Crippen MR) is 74.8 cm³/mol. The molecule has 0 amide bonds. The second-order valence-corrected chi connectivity index (χ2v) is 6.05. The van der Waals surface area contributed by atoms with Crippen LogP contribution in [-0.4, -0.2) is 40.8 Å². The molecule has 1 aliphatic carbocycles. The first kappa shape index (κ1) is 13.1. The molecule has 1 fully saturated rings. The van der Waals surface area contributed by atoms with Gasteiger partial charge in [-0.3, -0.25) is 4.90 Å². The molecule has 1 aliphatic heterocycles. The number of hydrogen-bond acceptors (Lipinski definition) is 3. The van der Waals surface area contributed by atoms with Crippen LogP contribution in [0.15, 0.2) is 12.5 Å². The standard InChI is InChI=1S/C15H25N3O/c1-2-19-11-14-8-17(7-13-4-3-5-13)10-15-6-16-12-18(15)9-14/h6,12-14H,2-5,7-11H2,1H3. The molecule has 1 aromatic rings. The first-order valence-electron chi connectivity index (χ1n) is 7.64. The summed E-state index contributed by atoms with van der Waals surface area (Å²) in [5.74, 6) is 1.53. The summed E-state index contributed by atoms with van der Waals surface area (Å²) in [5, 5.41) is 0. The van der Waals surface area contributed by atoms with E-state index in [1.54, 1.807) is 0 Å². The maximum Gasteiger partial charge on any atom is 0.0948 e. The normalized spacial score (nSPS) is 24.8. The summed E-state index contributed by atoms with van der Waals surface area (Å²) in [5.41, 5.74) is 1.36. The molecule has 4 heteroatoms. The topological polar surface area (TPSA) is 30.3 Å². The van der Waals surface area contributed by atoms with Gasteiger partial charge in [0, 0.05) is 44.9 Å². The molecule has 2 heterocycles. The average molecular weight is 263 g/mol. The summed E-state index contributed by atoms with van der Waals surface area (Å²) in [7, 11) is 0. The van der Waals surface area contributed by atoms with Crippen LogP contribution in [-0.2, 0) is 17.8 Å². The summed E-state index contributed by atoms with van der Waals surface area (Å²) >= 11 is 0. The first-order chi connectivity index (χ1) is 9.35. The molecule has 0 N–H and O–H groups in total. The van der Waals surface area contributed by atoms with Gasteiger partial charge in [0.2, 0.25) is 0 Å². The van der Waals surface area contributed by atoms with Crippen LogP contribution >= 0.6 is 0 Å². The van der Waals surface area contributed by atoms with Gasteiger partial charge in [0.25, 0.3) is 0 Å². The van der Waals surface area contributed by atoms with Crippen LogP contribution in [0.1, 0.15) is 31.9 Å². The van der Waals surface area contributed by atoms with Gasteiger partial charge in [-0.15, -0.1) is 0 Å². The van der Waals surface area contributed by atoms with Crippen molar-refractivity contribution in [3.8, 4) is 0 Å². The van der Waals surface area contributed by atoms with Crippen molar-refractivity contribution in [2.45, 2.75) is 39.3 Å². The number of hydrogen-bond donors (Lipinski definition) is 0. The van der Waals surface area contributed by atoms with Gasteiger partial charge in [-0.2, -0.15) is 0 Å². The second kappa shape index (κ2) is 6.06. The molecule has 1 aromatic heterocycles. The first-order valence-corrected chi connectivity index (χ1v) is 7.64. The highest BCUT2D eigenvalue weighted by molar-refractivity contribution is 5.01. The molecule has 106 valence electrons. The Kier molecular flexibility index (Phi) is 4.18. The van der Waals surface area contributed by atoms with Crippen LogP contribution in [0.2, 0.25) is 0 Å². The Labute approximate surface area is 115 Å². The van der Waals surface area contributed by atoms with Crippen molar-refractivity contribution >= 4 is 0 Å². The van der Waals surface area contributed by atoms with Gasteiger partial charge in [-0.1, -0.05) is 6.42 Å². The lowest BCUT2D eigenvalue weighted by molar-refractivity contribution is 0.0778. The minimum atomic E-state index is 0.593. The molecule has 0 saturated heterocycles. The van der Waals surface area contributed by atoms with E-state index in [4.69, 9.17) is 4.74 Å². The van der Waals surface area contributed by atoms with E-state index in [9.17, 15) is 0 Å². The zero-order chi connectivity index (χ0) is 13.1. The van der Waals surface area contributed by atoms with E-state index in [-0.39, 0.29) is 0 Å². The Hall–Kier alpha value is -0.870. The van der Waals surface area contributed by atoms with Crippen LogP contribution < -0.4 is 0 Å². The van der Waals surface area contributed by atoms with E-state index < -0.39 is 0 Å². The third-order valence-corrected chi connectivity index (χ3v) is 4.45. The van der Waals surface area contributed by atoms with E-state index in [1.165, 1.54) is 31.5 Å². The lowest BCUT2D eigenvalue weighted by Gasteiger charge is -2.32. The minimum absolute atomic E-state index is 0.593. The molecule has 0 spiro atoms. The molecular weight excluding hydrogens is 238 g/mol. The third kappa shape index (κ3) is 3.18. The van der Waals surface area contributed by atoms with E-state index in [1.807, 2.05) is 12.5 Å². The number of nitrogens with zero attached hydrogens (tertiary/aromatic N) is 3. The Morgan fingerprint density at radius 1 is 1.32 bits per heavy atom. The summed E-state index contributed by atoms with van der Waals surface area (Å²) in [4.78, 5) is 6.92. The van der Waals surface area contributed by atoms with Crippen LogP contribution in [0.25, 0.3) is 0 Å². The maximum absolute atomic E-state index is 5.65. The third-order valence-electron chi connectivity index (χ3n) is 4.45. The SMILES string of the molecule is CCOCC1CN(CC2CCC2)Cc2cncn2C1. The van der Waals surface area contributed by atoms with Gasteiger partial charge < -0.3 is 9.30 Å². The van der Waals surface area contributed by atoms with E-state index >= 15 is 0 Å². The molecule has 1 saturated carbocycles. The zero-order valence-corrected chi connectivity index (χ0v) is 11.9. The summed E-state index contributed by atoms with van der Waals surface area (Å²) in [6.45, 7) is 8.29. The van der Waals surface area contributed by atoms with Gasteiger partial charge in [-0.25, -0.2) is 4.98 Å². The average Bonchev–Trinajstić information content (AvgIpc) is 2.71. The monoisotopic (exact) mass is 263 g/mol. The molecule has 2 aliphatic rings. The van der Waals surface area contributed by atoms with Gasteiger partial charge >= 0.3 is 0 Å². The van der Waals surface area contributed by atoms with Crippen molar-refractivity contribution in [1.82, 2.24) is 14.5 Å². The number of imidazole rings is 1. The van der Waals surface area contributed by atoms with Gasteiger partial charge in [-0.05, 0) is 25.7 Å². The summed E-state index contributed by atoms with van der Waals surface area (Å²) in [6.07, 6.45) is 8.27. The molecule has 0 bridgehead atoms. The zero-order valence-electron chi connectivity index (χ0n) is 11.9. The lowest BCUT2D eigenvalue weighted by Crippen LogP contribution is -2.36. The number of fused-ring (bicyclic) bond motifs is 1. The molecule has 1 atom stereocenters. The van der Waals surface area contributed by atoms with Crippen molar-refractivity contribution in [3.05, 3.63) is 18.2 Å². The molecule has 1 unspecified atom stereocenters. The largest absolute Gasteiger partial charge is 0.381 e. The molecule has 0 aromatic carbocycles. The predicted octanol–water partition coefficient (Wildman–Crippen LogP) is 2.15. The van der Waals surface area contributed by atoms with Crippen molar-refractivity contribution in [2.24, 2.45) is 11.8 Å². The highest BCUT2D eigenvalue weighted by atomic mass is 16.5. The summed E-state index contributed by atoms with van der Waals surface area (Å²) in [6, 6.07) is 0. The number of rotatable bonds is 5. The number of ether oxygens (including phenoxy) is 1. The van der Waals surface area contributed by atoms with Crippen molar-refractivity contribution in [1.29, 1.82) is 0 Å². The molecule has 19 heavy (non-hydrogen) atoms. The lowest BCUT2D eigenvalue weighted by atomic mass is 9.85. The number of aromatic nitrogens is 2. The van der Waals surface area contributed by atoms with E-state index in [0.29, 0.717) is 5.92 Å². The smallest absolute Gasteiger partial charge is 0.0948 e.